The van der Waals surface area contributed by atoms with E-state index in [2.05, 4.69) is 11.8 Å². The molecule has 1 N–H and O–H groups in total. The van der Waals surface area contributed by atoms with Crippen LogP contribution in [0.1, 0.15) is 62.3 Å². The third-order valence-corrected chi connectivity index (χ3v) is 7.31. The molecule has 3 saturated heterocycles. The van der Waals surface area contributed by atoms with Crippen LogP contribution in [0.2, 0.25) is 0 Å². The zero-order chi connectivity index (χ0) is 21.3. The predicted octanol–water partition coefficient (Wildman–Crippen LogP) is 2.35. The lowest BCUT2D eigenvalue weighted by atomic mass is 9.71. The zero-order valence-corrected chi connectivity index (χ0v) is 18.3. The highest BCUT2D eigenvalue weighted by atomic mass is 16.4. The van der Waals surface area contributed by atoms with Gasteiger partial charge in [-0.05, 0) is 68.7 Å². The number of β-amino-alcohol motifs (C(OH)–C–C–N with tert-alkyl or cyclic N) is 1. The Morgan fingerprint density at radius 1 is 1.13 bits per heavy atom. The summed E-state index contributed by atoms with van der Waals surface area (Å²) in [6, 6.07) is 3.73. The van der Waals surface area contributed by atoms with E-state index in [1.165, 1.54) is 12.8 Å². The largest absolute Gasteiger partial charge is 0.455 e. The lowest BCUT2D eigenvalue weighted by Crippen LogP contribution is -2.55. The van der Waals surface area contributed by atoms with Gasteiger partial charge in [0.05, 0.1) is 12.6 Å². The van der Waals surface area contributed by atoms with Crippen molar-refractivity contribution in [3.05, 3.63) is 23.7 Å². The molecule has 0 radical (unpaired) electrons. The molecule has 1 aromatic heterocycles. The molecule has 2 amide bonds. The number of furan rings is 1. The maximum absolute atomic E-state index is 13.0. The van der Waals surface area contributed by atoms with Crippen molar-refractivity contribution < 1.29 is 19.1 Å². The average Bonchev–Trinajstić information content (AvgIpc) is 3.18. The molecule has 1 unspecified atom stereocenters. The Hall–Kier alpha value is -1.86. The molecular weight excluding hydrogens is 382 g/mol. The number of rotatable bonds is 3. The molecule has 30 heavy (non-hydrogen) atoms. The molecule has 4 rings (SSSR count). The van der Waals surface area contributed by atoms with Crippen molar-refractivity contribution in [2.75, 3.05) is 39.3 Å². The fourth-order valence-electron chi connectivity index (χ4n) is 5.31. The van der Waals surface area contributed by atoms with Gasteiger partial charge >= 0.3 is 0 Å². The third kappa shape index (κ3) is 4.72. The number of likely N-dealkylation sites (tertiary alicyclic amines) is 3. The van der Waals surface area contributed by atoms with E-state index >= 15 is 0 Å². The molecule has 0 saturated carbocycles. The predicted molar refractivity (Wildman–Crippen MR) is 113 cm³/mol. The van der Waals surface area contributed by atoms with Crippen molar-refractivity contribution in [2.24, 2.45) is 11.3 Å². The Bertz CT molecular complexity index is 760. The van der Waals surface area contributed by atoms with Gasteiger partial charge in [-0.15, -0.1) is 0 Å². The Morgan fingerprint density at radius 2 is 1.83 bits per heavy atom. The molecule has 1 spiro atoms. The van der Waals surface area contributed by atoms with Gasteiger partial charge in [0.15, 0.2) is 5.76 Å². The second-order valence-corrected chi connectivity index (χ2v) is 9.77. The summed E-state index contributed by atoms with van der Waals surface area (Å²) in [5.74, 6) is 2.03. The first-order valence-corrected chi connectivity index (χ1v) is 11.4. The van der Waals surface area contributed by atoms with Crippen molar-refractivity contribution in [1.82, 2.24) is 14.7 Å². The van der Waals surface area contributed by atoms with Crippen LogP contribution in [0.3, 0.4) is 0 Å². The van der Waals surface area contributed by atoms with Crippen LogP contribution in [0.15, 0.2) is 16.5 Å². The summed E-state index contributed by atoms with van der Waals surface area (Å²) >= 11 is 0. The Labute approximate surface area is 179 Å². The van der Waals surface area contributed by atoms with E-state index in [-0.39, 0.29) is 17.2 Å². The maximum Gasteiger partial charge on any atom is 0.289 e. The van der Waals surface area contributed by atoms with Gasteiger partial charge in [-0.3, -0.25) is 14.5 Å². The summed E-state index contributed by atoms with van der Waals surface area (Å²) < 4.78 is 5.91. The van der Waals surface area contributed by atoms with Gasteiger partial charge in [0.1, 0.15) is 5.76 Å². The van der Waals surface area contributed by atoms with E-state index in [4.69, 9.17) is 4.42 Å². The normalized spacial score (nSPS) is 25.6. The van der Waals surface area contributed by atoms with Gasteiger partial charge in [0, 0.05) is 33.1 Å². The summed E-state index contributed by atoms with van der Waals surface area (Å²) in [5.41, 5.74) is -0.0835. The summed E-state index contributed by atoms with van der Waals surface area (Å²) in [6.45, 7) is 9.17. The molecule has 0 bridgehead atoms. The van der Waals surface area contributed by atoms with Crippen molar-refractivity contribution in [2.45, 2.75) is 58.6 Å². The van der Waals surface area contributed by atoms with Crippen LogP contribution in [-0.4, -0.2) is 77.0 Å². The van der Waals surface area contributed by atoms with Gasteiger partial charge in [0.25, 0.3) is 5.91 Å². The van der Waals surface area contributed by atoms with Crippen LogP contribution < -0.4 is 0 Å². The Kier molecular flexibility index (Phi) is 6.21. The minimum absolute atomic E-state index is 0.0120. The van der Waals surface area contributed by atoms with Gasteiger partial charge in [-0.1, -0.05) is 6.92 Å². The topological polar surface area (TPSA) is 77.2 Å². The van der Waals surface area contributed by atoms with E-state index in [0.717, 1.165) is 44.2 Å². The number of carbonyl (C=O) groups is 2. The van der Waals surface area contributed by atoms with Crippen LogP contribution in [0.4, 0.5) is 0 Å². The third-order valence-electron chi connectivity index (χ3n) is 7.31. The summed E-state index contributed by atoms with van der Waals surface area (Å²) in [4.78, 5) is 30.8. The number of aliphatic hydroxyl groups is 1. The summed E-state index contributed by atoms with van der Waals surface area (Å²) in [5, 5.41) is 10.3. The van der Waals surface area contributed by atoms with Crippen LogP contribution in [-0.2, 0) is 11.3 Å². The Morgan fingerprint density at radius 3 is 2.50 bits per heavy atom. The van der Waals surface area contributed by atoms with Gasteiger partial charge in [-0.2, -0.15) is 0 Å². The maximum atomic E-state index is 13.0. The van der Waals surface area contributed by atoms with Gasteiger partial charge < -0.3 is 19.3 Å². The summed E-state index contributed by atoms with van der Waals surface area (Å²) in [6.07, 6.45) is 4.28. The minimum atomic E-state index is -0.477. The van der Waals surface area contributed by atoms with Crippen LogP contribution in [0.25, 0.3) is 0 Å². The van der Waals surface area contributed by atoms with E-state index < -0.39 is 6.10 Å². The van der Waals surface area contributed by atoms with Crippen LogP contribution >= 0.6 is 0 Å². The molecule has 4 heterocycles. The highest BCUT2D eigenvalue weighted by Crippen LogP contribution is 2.40. The molecule has 0 aliphatic carbocycles. The number of nitrogens with zero attached hydrogens (tertiary/aromatic N) is 3. The molecule has 0 aromatic carbocycles. The molecule has 1 atom stereocenters. The highest BCUT2D eigenvalue weighted by molar-refractivity contribution is 5.91. The lowest BCUT2D eigenvalue weighted by molar-refractivity contribution is -0.137. The fourth-order valence-corrected chi connectivity index (χ4v) is 5.31. The molecule has 7 heteroatoms. The van der Waals surface area contributed by atoms with Crippen LogP contribution in [0.5, 0.6) is 0 Å². The molecule has 3 aliphatic heterocycles. The number of hydrogen-bond donors (Lipinski definition) is 1. The number of carbonyl (C=O) groups excluding carboxylic acids is 2. The van der Waals surface area contributed by atoms with E-state index in [0.29, 0.717) is 38.4 Å². The molecule has 3 aliphatic rings. The molecule has 166 valence electrons. The van der Waals surface area contributed by atoms with Crippen molar-refractivity contribution in [3.8, 4) is 0 Å². The van der Waals surface area contributed by atoms with Crippen molar-refractivity contribution in [3.63, 3.8) is 0 Å². The molecule has 7 nitrogen and oxygen atoms in total. The number of hydrogen-bond acceptors (Lipinski definition) is 5. The highest BCUT2D eigenvalue weighted by Gasteiger charge is 2.43. The first-order valence-electron chi connectivity index (χ1n) is 11.4. The summed E-state index contributed by atoms with van der Waals surface area (Å²) in [7, 11) is 0. The van der Waals surface area contributed by atoms with E-state index in [1.54, 1.807) is 17.9 Å². The minimum Gasteiger partial charge on any atom is -0.455 e. The Balaban J connectivity index is 1.32. The zero-order valence-electron chi connectivity index (χ0n) is 18.3. The number of aliphatic hydroxyl groups excluding tert-OH is 1. The monoisotopic (exact) mass is 417 g/mol. The first kappa shape index (κ1) is 21.4. The number of amides is 2. The quantitative estimate of drug-likeness (QED) is 0.817. The molecular formula is C23H35N3O4. The average molecular weight is 418 g/mol. The molecule has 1 aromatic rings. The van der Waals surface area contributed by atoms with Crippen molar-refractivity contribution >= 4 is 11.8 Å². The van der Waals surface area contributed by atoms with Crippen LogP contribution in [0, 0.1) is 11.3 Å². The second kappa shape index (κ2) is 8.71. The van der Waals surface area contributed by atoms with E-state index in [1.807, 2.05) is 11.0 Å². The smallest absolute Gasteiger partial charge is 0.289 e. The molecule has 3 fully saturated rings. The van der Waals surface area contributed by atoms with Crippen molar-refractivity contribution in [1.29, 1.82) is 0 Å². The second-order valence-electron chi connectivity index (χ2n) is 9.77. The van der Waals surface area contributed by atoms with Gasteiger partial charge in [-0.25, -0.2) is 0 Å². The standard InChI is InChI=1S/C23H35N3O4/c1-17-5-9-24(10-6-17)15-20-3-4-21(30-20)22(29)25-11-7-23(8-12-25)13-19(28)14-26(16-23)18(2)27/h3-4,17,19,28H,5-16H2,1-2H3. The first-order chi connectivity index (χ1) is 14.3. The van der Waals surface area contributed by atoms with Gasteiger partial charge in [0.2, 0.25) is 5.91 Å². The number of piperidine rings is 3. The van der Waals surface area contributed by atoms with E-state index in [9.17, 15) is 14.7 Å². The fraction of sp³-hybridized carbons (Fsp3) is 0.739. The lowest BCUT2D eigenvalue weighted by Gasteiger charge is -2.48. The SMILES string of the molecule is CC(=O)N1CC(O)CC2(CCN(C(=O)c3ccc(CN4CCC(C)CC4)o3)CC2)C1.